The van der Waals surface area contributed by atoms with Gasteiger partial charge in [0.05, 0.1) is 6.20 Å². The van der Waals surface area contributed by atoms with Gasteiger partial charge in [-0.25, -0.2) is 9.50 Å². The summed E-state index contributed by atoms with van der Waals surface area (Å²) in [5.41, 5.74) is 3.26. The summed E-state index contributed by atoms with van der Waals surface area (Å²) in [6.07, 6.45) is 1.69. The molecule has 0 spiro atoms. The van der Waals surface area contributed by atoms with Gasteiger partial charge in [0.2, 0.25) is 4.96 Å². The van der Waals surface area contributed by atoms with E-state index in [4.69, 9.17) is 11.6 Å². The van der Waals surface area contributed by atoms with Gasteiger partial charge in [0.1, 0.15) is 11.2 Å². The fourth-order valence-corrected chi connectivity index (χ4v) is 3.53. The topological polar surface area (TPSA) is 53.7 Å². The molecule has 3 aromatic rings. The van der Waals surface area contributed by atoms with Crippen LogP contribution in [-0.2, 0) is 0 Å². The third-order valence-corrected chi connectivity index (χ3v) is 4.87. The van der Waals surface area contributed by atoms with Crippen LogP contribution in [0.25, 0.3) is 4.96 Å². The number of hydrogen-bond donors (Lipinski definition) is 0. The van der Waals surface area contributed by atoms with Crippen molar-refractivity contribution in [2.75, 3.05) is 31.1 Å². The van der Waals surface area contributed by atoms with Crippen LogP contribution in [0.1, 0.15) is 10.5 Å². The summed E-state index contributed by atoms with van der Waals surface area (Å²) in [6, 6.07) is 7.80. The zero-order chi connectivity index (χ0) is 15.8. The maximum absolute atomic E-state index is 12.6. The number of rotatable bonds is 2. The first-order chi connectivity index (χ1) is 11.2. The summed E-state index contributed by atoms with van der Waals surface area (Å²) in [5.74, 6) is -0.0338. The smallest absolute Gasteiger partial charge is 0.274 e. The van der Waals surface area contributed by atoms with E-state index in [9.17, 15) is 4.79 Å². The first-order valence-electron chi connectivity index (χ1n) is 7.29. The van der Waals surface area contributed by atoms with Crippen molar-refractivity contribution in [2.24, 2.45) is 0 Å². The van der Waals surface area contributed by atoms with E-state index >= 15 is 0 Å². The van der Waals surface area contributed by atoms with E-state index in [-0.39, 0.29) is 5.91 Å². The number of fused-ring (bicyclic) bond motifs is 1. The molecule has 1 fully saturated rings. The normalized spacial score (nSPS) is 15.3. The molecule has 0 aliphatic carbocycles. The first-order valence-corrected chi connectivity index (χ1v) is 8.55. The molecule has 0 unspecified atom stereocenters. The summed E-state index contributed by atoms with van der Waals surface area (Å²) in [7, 11) is 0. The highest BCUT2D eigenvalue weighted by Crippen LogP contribution is 2.21. The maximum atomic E-state index is 12.6. The van der Waals surface area contributed by atoms with Crippen LogP contribution < -0.4 is 4.90 Å². The predicted molar refractivity (Wildman–Crippen MR) is 90.4 cm³/mol. The minimum atomic E-state index is -0.0338. The number of benzene rings is 1. The lowest BCUT2D eigenvalue weighted by molar-refractivity contribution is 0.0741. The number of aromatic nitrogens is 3. The molecule has 3 heterocycles. The van der Waals surface area contributed by atoms with Crippen molar-refractivity contribution in [1.29, 1.82) is 0 Å². The molecule has 1 aromatic carbocycles. The average Bonchev–Trinajstić information content (AvgIpc) is 3.16. The van der Waals surface area contributed by atoms with Crippen LogP contribution in [0.4, 0.5) is 5.69 Å². The van der Waals surface area contributed by atoms with Crippen LogP contribution in [0.2, 0.25) is 5.02 Å². The number of carbonyl (C=O) groups is 1. The van der Waals surface area contributed by atoms with Gasteiger partial charge in [0.15, 0.2) is 0 Å². The summed E-state index contributed by atoms with van der Waals surface area (Å²) in [4.78, 5) is 21.7. The van der Waals surface area contributed by atoms with Crippen molar-refractivity contribution in [3.05, 3.63) is 46.7 Å². The van der Waals surface area contributed by atoms with Crippen molar-refractivity contribution < 1.29 is 4.79 Å². The lowest BCUT2D eigenvalue weighted by Gasteiger charge is -2.35. The average molecular weight is 348 g/mol. The van der Waals surface area contributed by atoms with E-state index in [1.165, 1.54) is 11.3 Å². The number of anilines is 1. The summed E-state index contributed by atoms with van der Waals surface area (Å²) in [6.45, 7) is 2.91. The lowest BCUT2D eigenvalue weighted by atomic mass is 10.2. The zero-order valence-electron chi connectivity index (χ0n) is 12.2. The molecule has 4 rings (SSSR count). The monoisotopic (exact) mass is 347 g/mol. The number of hydrogen-bond acceptors (Lipinski definition) is 5. The van der Waals surface area contributed by atoms with Crippen molar-refractivity contribution in [2.45, 2.75) is 0 Å². The van der Waals surface area contributed by atoms with Crippen LogP contribution in [0.3, 0.4) is 0 Å². The molecular weight excluding hydrogens is 334 g/mol. The summed E-state index contributed by atoms with van der Waals surface area (Å²) >= 11 is 7.46. The molecule has 0 N–H and O–H groups in total. The largest absolute Gasteiger partial charge is 0.368 e. The van der Waals surface area contributed by atoms with Gasteiger partial charge >= 0.3 is 0 Å². The molecule has 0 radical (unpaired) electrons. The molecule has 23 heavy (non-hydrogen) atoms. The third-order valence-electron chi connectivity index (χ3n) is 3.95. The van der Waals surface area contributed by atoms with Crippen LogP contribution in [0.5, 0.6) is 0 Å². The standard InChI is InChI=1S/C15H14ClN5OS/c16-11-2-1-3-12(8-11)19-4-6-20(7-5-19)14(22)13-9-21-15(18-13)23-10-17-21/h1-3,8-10H,4-7H2. The van der Waals surface area contributed by atoms with Crippen LogP contribution in [0, 0.1) is 0 Å². The second-order valence-corrected chi connectivity index (χ2v) is 6.60. The highest BCUT2D eigenvalue weighted by atomic mass is 35.5. The Morgan fingerprint density at radius 3 is 2.78 bits per heavy atom. The van der Waals surface area contributed by atoms with Crippen molar-refractivity contribution in [1.82, 2.24) is 19.5 Å². The molecule has 1 amide bonds. The fraction of sp³-hybridized carbons (Fsp3) is 0.267. The van der Waals surface area contributed by atoms with Crippen molar-refractivity contribution in [3.8, 4) is 0 Å². The minimum absolute atomic E-state index is 0.0338. The Morgan fingerprint density at radius 1 is 1.22 bits per heavy atom. The molecule has 2 aromatic heterocycles. The minimum Gasteiger partial charge on any atom is -0.368 e. The van der Waals surface area contributed by atoms with Gasteiger partial charge < -0.3 is 9.80 Å². The molecule has 118 valence electrons. The number of halogens is 1. The Hall–Kier alpha value is -2.12. The van der Waals surface area contributed by atoms with Gasteiger partial charge in [-0.3, -0.25) is 4.79 Å². The molecular formula is C15H14ClN5OS. The van der Waals surface area contributed by atoms with Gasteiger partial charge in [-0.15, -0.1) is 0 Å². The quantitative estimate of drug-likeness (QED) is 0.714. The number of carbonyl (C=O) groups excluding carboxylic acids is 1. The second kappa shape index (κ2) is 5.82. The second-order valence-electron chi connectivity index (χ2n) is 5.35. The molecule has 0 saturated carbocycles. The third kappa shape index (κ3) is 2.77. The molecule has 0 atom stereocenters. The first kappa shape index (κ1) is 14.5. The van der Waals surface area contributed by atoms with Crippen LogP contribution in [-0.4, -0.2) is 51.6 Å². The highest BCUT2D eigenvalue weighted by Gasteiger charge is 2.24. The van der Waals surface area contributed by atoms with Gasteiger partial charge in [-0.05, 0) is 18.2 Å². The van der Waals surface area contributed by atoms with E-state index < -0.39 is 0 Å². The molecule has 0 bridgehead atoms. The SMILES string of the molecule is O=C(c1cn2ncsc2n1)N1CCN(c2cccc(Cl)c2)CC1. The Bertz CT molecular complexity index is 824. The van der Waals surface area contributed by atoms with Crippen molar-refractivity contribution >= 4 is 39.5 Å². The van der Waals surface area contributed by atoms with E-state index in [0.717, 1.165) is 28.8 Å². The zero-order valence-corrected chi connectivity index (χ0v) is 13.8. The molecule has 1 aliphatic heterocycles. The molecule has 8 heteroatoms. The van der Waals surface area contributed by atoms with Gasteiger partial charge in [0.25, 0.3) is 5.91 Å². The Labute approximate surface area is 141 Å². The Morgan fingerprint density at radius 2 is 2.04 bits per heavy atom. The molecule has 1 aliphatic rings. The number of nitrogens with zero attached hydrogens (tertiary/aromatic N) is 5. The van der Waals surface area contributed by atoms with E-state index in [1.807, 2.05) is 29.2 Å². The fourth-order valence-electron chi connectivity index (χ4n) is 2.74. The molecule has 1 saturated heterocycles. The summed E-state index contributed by atoms with van der Waals surface area (Å²) in [5, 5.41) is 4.84. The lowest BCUT2D eigenvalue weighted by Crippen LogP contribution is -2.48. The maximum Gasteiger partial charge on any atom is 0.274 e. The number of piperazine rings is 1. The van der Waals surface area contributed by atoms with Crippen LogP contribution >= 0.6 is 22.9 Å². The molecule has 6 nitrogen and oxygen atoms in total. The Kier molecular flexibility index (Phi) is 3.66. The predicted octanol–water partition coefficient (Wildman–Crippen LogP) is 2.41. The van der Waals surface area contributed by atoms with Gasteiger partial charge in [0, 0.05) is 36.9 Å². The van der Waals surface area contributed by atoms with E-state index in [2.05, 4.69) is 15.0 Å². The van der Waals surface area contributed by atoms with Gasteiger partial charge in [-0.1, -0.05) is 29.0 Å². The highest BCUT2D eigenvalue weighted by molar-refractivity contribution is 7.14. The van der Waals surface area contributed by atoms with Crippen LogP contribution in [0.15, 0.2) is 36.0 Å². The number of amides is 1. The van der Waals surface area contributed by atoms with Crippen molar-refractivity contribution in [3.63, 3.8) is 0 Å². The number of imidazole rings is 1. The summed E-state index contributed by atoms with van der Waals surface area (Å²) < 4.78 is 1.64. The van der Waals surface area contributed by atoms with Gasteiger partial charge in [-0.2, -0.15) is 5.10 Å². The van der Waals surface area contributed by atoms with E-state index in [1.54, 1.807) is 16.2 Å². The Balaban J connectivity index is 1.44. The van der Waals surface area contributed by atoms with E-state index in [0.29, 0.717) is 18.8 Å².